The number of hydrazine groups is 3. The van der Waals surface area contributed by atoms with Crippen molar-refractivity contribution in [2.24, 2.45) is 5.84 Å². The number of nitrogens with one attached hydrogen (secondary N) is 2. The number of carbonyl (C=O) groups is 1. The second-order valence-electron chi connectivity index (χ2n) is 3.86. The smallest absolute Gasteiger partial charge is 0.275 e. The highest BCUT2D eigenvalue weighted by Crippen LogP contribution is 2.15. The molecule has 0 spiro atoms. The molecule has 0 radical (unpaired) electrons. The summed E-state index contributed by atoms with van der Waals surface area (Å²) in [5.74, 6) is 5.46. The summed E-state index contributed by atoms with van der Waals surface area (Å²) in [4.78, 5) is 11.8. The van der Waals surface area contributed by atoms with Crippen LogP contribution >= 0.6 is 11.6 Å². The molecule has 0 aliphatic heterocycles. The first-order chi connectivity index (χ1) is 8.54. The highest BCUT2D eigenvalue weighted by atomic mass is 35.5. The lowest BCUT2D eigenvalue weighted by atomic mass is 10.3. The number of nitrogens with two attached hydrogens (primary N) is 1. The Morgan fingerprint density at radius 3 is 2.56 bits per heavy atom. The van der Waals surface area contributed by atoms with Crippen LogP contribution in [0.3, 0.4) is 0 Å². The molecule has 0 aromatic heterocycles. The van der Waals surface area contributed by atoms with E-state index in [1.54, 1.807) is 24.3 Å². The normalized spacial score (nSPS) is 10.5. The quantitative estimate of drug-likeness (QED) is 0.528. The highest BCUT2D eigenvalue weighted by molar-refractivity contribution is 6.30. The van der Waals surface area contributed by atoms with Gasteiger partial charge in [0.25, 0.3) is 5.91 Å². The molecule has 0 aliphatic carbocycles. The first-order valence-corrected chi connectivity index (χ1v) is 5.84. The Kier molecular flexibility index (Phi) is 5.87. The molecular weight excluding hydrogens is 256 g/mol. The summed E-state index contributed by atoms with van der Waals surface area (Å²) in [7, 11) is 0. The van der Waals surface area contributed by atoms with Crippen LogP contribution < -0.4 is 21.6 Å². The number of carbonyl (C=O) groups excluding carboxylic acids is 1. The summed E-state index contributed by atoms with van der Waals surface area (Å²) in [6.07, 6.45) is 0. The molecule has 0 fully saturated rings. The third-order valence-electron chi connectivity index (χ3n) is 2.15. The molecule has 1 rings (SSSR count). The van der Waals surface area contributed by atoms with Gasteiger partial charge in [0.2, 0.25) is 0 Å². The van der Waals surface area contributed by atoms with Crippen LogP contribution in [0.2, 0.25) is 5.02 Å². The predicted octanol–water partition coefficient (Wildman–Crippen LogP) is 0.839. The molecular formula is C11H17ClN4O2. The molecule has 1 aromatic rings. The fraction of sp³-hybridized carbons (Fsp3) is 0.364. The van der Waals surface area contributed by atoms with Gasteiger partial charge in [-0.15, -0.1) is 0 Å². The van der Waals surface area contributed by atoms with Crippen LogP contribution in [0.4, 0.5) is 0 Å². The number of ether oxygens (including phenoxy) is 1. The van der Waals surface area contributed by atoms with Crippen molar-refractivity contribution in [2.45, 2.75) is 19.9 Å². The second-order valence-corrected chi connectivity index (χ2v) is 4.29. The van der Waals surface area contributed by atoms with E-state index in [4.69, 9.17) is 22.2 Å². The van der Waals surface area contributed by atoms with Crippen molar-refractivity contribution < 1.29 is 9.53 Å². The summed E-state index contributed by atoms with van der Waals surface area (Å²) >= 11 is 5.74. The van der Waals surface area contributed by atoms with Gasteiger partial charge in [0.1, 0.15) is 5.75 Å². The topological polar surface area (TPSA) is 79.6 Å². The first kappa shape index (κ1) is 14.7. The number of halogens is 1. The molecule has 1 aromatic carbocycles. The maximum Gasteiger partial charge on any atom is 0.275 e. The zero-order valence-corrected chi connectivity index (χ0v) is 11.1. The van der Waals surface area contributed by atoms with E-state index in [0.29, 0.717) is 10.8 Å². The Hall–Kier alpha value is -1.34. The van der Waals surface area contributed by atoms with Gasteiger partial charge in [-0.05, 0) is 38.1 Å². The second kappa shape index (κ2) is 7.17. The Labute approximate surface area is 111 Å². The van der Waals surface area contributed by atoms with Crippen LogP contribution in [0.25, 0.3) is 0 Å². The lowest BCUT2D eigenvalue weighted by molar-refractivity contribution is -0.140. The molecule has 4 N–H and O–H groups in total. The van der Waals surface area contributed by atoms with Crippen LogP contribution in [-0.2, 0) is 4.79 Å². The molecule has 0 saturated carbocycles. The van der Waals surface area contributed by atoms with Crippen molar-refractivity contribution in [3.63, 3.8) is 0 Å². The summed E-state index contributed by atoms with van der Waals surface area (Å²) in [6, 6.07) is 6.73. The minimum atomic E-state index is -0.238. The molecule has 0 heterocycles. The van der Waals surface area contributed by atoms with E-state index in [1.807, 2.05) is 13.8 Å². The minimum absolute atomic E-state index is 0.0534. The summed E-state index contributed by atoms with van der Waals surface area (Å²) in [5, 5.41) is 1.96. The molecule has 7 heteroatoms. The maximum absolute atomic E-state index is 11.8. The van der Waals surface area contributed by atoms with Gasteiger partial charge in [0.15, 0.2) is 6.61 Å². The summed E-state index contributed by atoms with van der Waals surface area (Å²) in [6.45, 7) is 3.61. The van der Waals surface area contributed by atoms with Crippen molar-refractivity contribution >= 4 is 17.5 Å². The zero-order valence-electron chi connectivity index (χ0n) is 10.3. The fourth-order valence-corrected chi connectivity index (χ4v) is 1.42. The molecule has 0 atom stereocenters. The van der Waals surface area contributed by atoms with Crippen molar-refractivity contribution in [1.29, 1.82) is 0 Å². The Bertz CT molecular complexity index is 383. The summed E-state index contributed by atoms with van der Waals surface area (Å²) < 4.78 is 5.34. The number of nitrogens with zero attached hydrogens (tertiary/aromatic N) is 1. The first-order valence-electron chi connectivity index (χ1n) is 5.46. The van der Waals surface area contributed by atoms with Crippen LogP contribution in [0.1, 0.15) is 13.8 Å². The van der Waals surface area contributed by atoms with Crippen molar-refractivity contribution in [3.05, 3.63) is 29.3 Å². The van der Waals surface area contributed by atoms with Gasteiger partial charge in [0, 0.05) is 11.1 Å². The van der Waals surface area contributed by atoms with Crippen LogP contribution in [0.5, 0.6) is 5.75 Å². The minimum Gasteiger partial charge on any atom is -0.484 e. The van der Waals surface area contributed by atoms with Crippen molar-refractivity contribution in [1.82, 2.24) is 16.1 Å². The van der Waals surface area contributed by atoms with Crippen LogP contribution in [0, 0.1) is 0 Å². The largest absolute Gasteiger partial charge is 0.484 e. The van der Waals surface area contributed by atoms with Gasteiger partial charge in [0.05, 0.1) is 0 Å². The van der Waals surface area contributed by atoms with E-state index in [-0.39, 0.29) is 18.6 Å². The third kappa shape index (κ3) is 4.50. The maximum atomic E-state index is 11.8. The average molecular weight is 273 g/mol. The van der Waals surface area contributed by atoms with Crippen LogP contribution in [0.15, 0.2) is 24.3 Å². The van der Waals surface area contributed by atoms with Gasteiger partial charge in [-0.25, -0.2) is 0 Å². The molecule has 0 bridgehead atoms. The SMILES string of the molecule is CC(C)N(NNN)C(=O)COc1ccc(Cl)cc1. The van der Waals surface area contributed by atoms with Gasteiger partial charge in [-0.1, -0.05) is 11.6 Å². The molecule has 6 nitrogen and oxygen atoms in total. The van der Waals surface area contributed by atoms with Crippen molar-refractivity contribution in [2.75, 3.05) is 6.61 Å². The Balaban J connectivity index is 2.51. The Morgan fingerprint density at radius 2 is 2.06 bits per heavy atom. The zero-order chi connectivity index (χ0) is 13.5. The van der Waals surface area contributed by atoms with E-state index < -0.39 is 0 Å². The number of hydrogen-bond acceptors (Lipinski definition) is 5. The molecule has 100 valence electrons. The van der Waals surface area contributed by atoms with Gasteiger partial charge in [-0.3, -0.25) is 15.6 Å². The van der Waals surface area contributed by atoms with E-state index >= 15 is 0 Å². The molecule has 0 aliphatic rings. The fourth-order valence-electron chi connectivity index (χ4n) is 1.29. The van der Waals surface area contributed by atoms with E-state index in [9.17, 15) is 4.79 Å². The molecule has 0 saturated heterocycles. The number of hydrogen-bond donors (Lipinski definition) is 3. The molecule has 1 amide bonds. The highest BCUT2D eigenvalue weighted by Gasteiger charge is 2.16. The van der Waals surface area contributed by atoms with Crippen LogP contribution in [-0.4, -0.2) is 23.6 Å². The molecule has 0 unspecified atom stereocenters. The standard InChI is InChI=1S/C11H17ClN4O2/c1-8(2)16(15-14-13)11(17)7-18-10-5-3-9(12)4-6-10/h3-6,8,14-15H,7,13H2,1-2H3. The lowest BCUT2D eigenvalue weighted by Gasteiger charge is -2.26. The van der Waals surface area contributed by atoms with E-state index in [1.165, 1.54) is 5.01 Å². The van der Waals surface area contributed by atoms with Gasteiger partial charge in [-0.2, -0.15) is 11.1 Å². The van der Waals surface area contributed by atoms with E-state index in [0.717, 1.165) is 0 Å². The molecule has 18 heavy (non-hydrogen) atoms. The number of benzene rings is 1. The van der Waals surface area contributed by atoms with Gasteiger partial charge < -0.3 is 4.74 Å². The number of rotatable bonds is 6. The Morgan fingerprint density at radius 1 is 1.44 bits per heavy atom. The van der Waals surface area contributed by atoms with E-state index in [2.05, 4.69) is 11.1 Å². The number of amides is 1. The lowest BCUT2D eigenvalue weighted by Crippen LogP contribution is -2.56. The summed E-state index contributed by atoms with van der Waals surface area (Å²) in [5.41, 5.74) is 4.76. The van der Waals surface area contributed by atoms with Crippen molar-refractivity contribution in [3.8, 4) is 5.75 Å². The average Bonchev–Trinajstić information content (AvgIpc) is 2.34. The third-order valence-corrected chi connectivity index (χ3v) is 2.40. The van der Waals surface area contributed by atoms with Gasteiger partial charge >= 0.3 is 0 Å². The predicted molar refractivity (Wildman–Crippen MR) is 69.4 cm³/mol. The monoisotopic (exact) mass is 272 g/mol.